The highest BCUT2D eigenvalue weighted by Gasteiger charge is 2.68. The Bertz CT molecular complexity index is 1030. The van der Waals surface area contributed by atoms with Crippen molar-refractivity contribution in [3.8, 4) is 0 Å². The van der Waals surface area contributed by atoms with Gasteiger partial charge in [-0.15, -0.1) is 0 Å². The van der Waals surface area contributed by atoms with Crippen molar-refractivity contribution in [3.63, 3.8) is 0 Å². The van der Waals surface area contributed by atoms with E-state index in [2.05, 4.69) is 79.4 Å². The summed E-state index contributed by atoms with van der Waals surface area (Å²) >= 11 is 0. The maximum Gasteiger partial charge on any atom is 0.232 e. The predicted molar refractivity (Wildman–Crippen MR) is 161 cm³/mol. The van der Waals surface area contributed by atoms with Crippen LogP contribution in [0.1, 0.15) is 119 Å². The zero-order valence-corrected chi connectivity index (χ0v) is 27.2. The first-order valence-electron chi connectivity index (χ1n) is 16.3. The summed E-state index contributed by atoms with van der Waals surface area (Å²) in [6, 6.07) is 0. The molecule has 0 heterocycles. The summed E-state index contributed by atoms with van der Waals surface area (Å²) in [6.07, 6.45) is 12.3. The first-order valence-corrected chi connectivity index (χ1v) is 16.3. The molecule has 1 N–H and O–H groups in total. The van der Waals surface area contributed by atoms with E-state index >= 15 is 0 Å². The molecule has 39 heavy (non-hydrogen) atoms. The number of carbonyl (C=O) groups is 1. The number of allylic oxidation sites excluding steroid dienone is 1. The average Bonchev–Trinajstić information content (AvgIpc) is 2.84. The van der Waals surface area contributed by atoms with Gasteiger partial charge in [0.05, 0.1) is 11.5 Å². The smallest absolute Gasteiger partial charge is 0.232 e. The van der Waals surface area contributed by atoms with E-state index in [4.69, 9.17) is 0 Å². The standard InChI is InChI=1S/C35H60N2O2/c1-30(2)17-19-35(29(39)37(10)22-21-36(8)9)20-18-33(6)24(25(35)23-30)11-12-27-32(5)15-14-28(38)31(3,4)26(32)13-16-34(27,33)7/h26-28,38H,11-23H2,1-10H3/t26-,27+,28-,32-,33+,34+,35-/m0/s1. The Morgan fingerprint density at radius 1 is 0.795 bits per heavy atom. The highest BCUT2D eigenvalue weighted by atomic mass is 16.3. The van der Waals surface area contributed by atoms with Gasteiger partial charge in [-0.05, 0) is 124 Å². The molecular formula is C35H60N2O2. The lowest BCUT2D eigenvalue weighted by Gasteiger charge is -2.71. The number of nitrogens with zero attached hydrogens (tertiary/aromatic N) is 2. The summed E-state index contributed by atoms with van der Waals surface area (Å²) in [5.41, 5.74) is 3.95. The van der Waals surface area contributed by atoms with Gasteiger partial charge in [0.25, 0.3) is 0 Å². The van der Waals surface area contributed by atoms with E-state index in [9.17, 15) is 9.90 Å². The number of rotatable bonds is 4. The van der Waals surface area contributed by atoms with Gasteiger partial charge in [-0.3, -0.25) is 4.79 Å². The molecule has 0 unspecified atom stereocenters. The van der Waals surface area contributed by atoms with Crippen molar-refractivity contribution in [2.24, 2.45) is 44.3 Å². The minimum atomic E-state index is -0.285. The van der Waals surface area contributed by atoms with Gasteiger partial charge in [0.2, 0.25) is 5.91 Å². The number of hydrogen-bond donors (Lipinski definition) is 1. The molecule has 5 aliphatic carbocycles. The van der Waals surface area contributed by atoms with Crippen molar-refractivity contribution in [2.75, 3.05) is 34.2 Å². The Kier molecular flexibility index (Phi) is 7.07. The number of aliphatic hydroxyl groups excluding tert-OH is 1. The molecule has 0 saturated heterocycles. The number of hydrogen-bond acceptors (Lipinski definition) is 3. The quantitative estimate of drug-likeness (QED) is 0.380. The van der Waals surface area contributed by atoms with E-state index < -0.39 is 0 Å². The zero-order chi connectivity index (χ0) is 28.8. The maximum absolute atomic E-state index is 14.4. The van der Waals surface area contributed by atoms with Crippen LogP contribution in [0, 0.1) is 44.3 Å². The molecule has 5 rings (SSSR count). The molecule has 4 saturated carbocycles. The Labute approximate surface area is 240 Å². The molecule has 0 spiro atoms. The van der Waals surface area contributed by atoms with Gasteiger partial charge in [0, 0.05) is 20.1 Å². The summed E-state index contributed by atoms with van der Waals surface area (Å²) in [5, 5.41) is 11.0. The van der Waals surface area contributed by atoms with Gasteiger partial charge in [0.1, 0.15) is 0 Å². The number of amides is 1. The Morgan fingerprint density at radius 2 is 1.46 bits per heavy atom. The second-order valence-corrected chi connectivity index (χ2v) is 17.2. The minimum absolute atomic E-state index is 0.00729. The Balaban J connectivity index is 1.57. The molecule has 222 valence electrons. The van der Waals surface area contributed by atoms with Crippen molar-refractivity contribution in [1.29, 1.82) is 0 Å². The van der Waals surface area contributed by atoms with E-state index in [1.807, 2.05) is 0 Å². The minimum Gasteiger partial charge on any atom is -0.393 e. The fraction of sp³-hybridized carbons (Fsp3) is 0.914. The van der Waals surface area contributed by atoms with Crippen LogP contribution in [0.15, 0.2) is 11.1 Å². The molecule has 4 heteroatoms. The molecule has 5 aliphatic rings. The first kappa shape index (κ1) is 29.6. The summed E-state index contributed by atoms with van der Waals surface area (Å²) < 4.78 is 0. The van der Waals surface area contributed by atoms with Crippen molar-refractivity contribution >= 4 is 5.91 Å². The molecule has 4 nitrogen and oxygen atoms in total. The van der Waals surface area contributed by atoms with Crippen LogP contribution in [0.25, 0.3) is 0 Å². The van der Waals surface area contributed by atoms with Crippen LogP contribution in [0.4, 0.5) is 0 Å². The monoisotopic (exact) mass is 540 g/mol. The molecule has 0 aromatic heterocycles. The number of aliphatic hydroxyl groups is 1. The van der Waals surface area contributed by atoms with E-state index in [0.717, 1.165) is 58.0 Å². The normalized spacial score (nSPS) is 44.7. The second kappa shape index (κ2) is 9.32. The third-order valence-electron chi connectivity index (χ3n) is 14.2. The topological polar surface area (TPSA) is 43.8 Å². The molecule has 4 fully saturated rings. The number of likely N-dealkylation sites (N-methyl/N-ethyl adjacent to an activating group) is 2. The maximum atomic E-state index is 14.4. The summed E-state index contributed by atoms with van der Waals surface area (Å²) in [5.74, 6) is 1.68. The van der Waals surface area contributed by atoms with Crippen molar-refractivity contribution in [2.45, 2.75) is 125 Å². The highest BCUT2D eigenvalue weighted by Crippen LogP contribution is 2.75. The second-order valence-electron chi connectivity index (χ2n) is 17.2. The van der Waals surface area contributed by atoms with Crippen molar-refractivity contribution in [3.05, 3.63) is 11.1 Å². The lowest BCUT2D eigenvalue weighted by Crippen LogP contribution is -2.64. The van der Waals surface area contributed by atoms with Crippen LogP contribution in [-0.2, 0) is 4.79 Å². The molecule has 0 aromatic carbocycles. The van der Waals surface area contributed by atoms with Gasteiger partial charge in [0.15, 0.2) is 0 Å². The van der Waals surface area contributed by atoms with Crippen LogP contribution >= 0.6 is 0 Å². The lowest BCUT2D eigenvalue weighted by molar-refractivity contribution is -0.204. The Hall–Kier alpha value is -0.870. The van der Waals surface area contributed by atoms with E-state index in [1.54, 1.807) is 11.1 Å². The third-order valence-corrected chi connectivity index (χ3v) is 14.2. The fourth-order valence-corrected chi connectivity index (χ4v) is 11.4. The summed E-state index contributed by atoms with van der Waals surface area (Å²) in [4.78, 5) is 18.7. The zero-order valence-electron chi connectivity index (χ0n) is 27.2. The van der Waals surface area contributed by atoms with E-state index in [0.29, 0.717) is 17.7 Å². The molecule has 0 aromatic rings. The van der Waals surface area contributed by atoms with Crippen molar-refractivity contribution in [1.82, 2.24) is 9.80 Å². The SMILES string of the molecule is CN(C)CCN(C)C(=O)[C@]12CCC(C)(C)CC1=C1CC[C@@H]3[C@@]4(C)CC[C@H](O)C(C)(C)[C@@H]4CC[C@@]3(C)[C@]1(C)CC2. The Morgan fingerprint density at radius 3 is 2.13 bits per heavy atom. The summed E-state index contributed by atoms with van der Waals surface area (Å²) in [6.45, 7) is 19.2. The molecule has 7 atom stereocenters. The number of fused-ring (bicyclic) bond motifs is 6. The molecule has 0 aliphatic heterocycles. The lowest BCUT2D eigenvalue weighted by atomic mass is 9.34. The summed E-state index contributed by atoms with van der Waals surface area (Å²) in [7, 11) is 6.25. The predicted octanol–water partition coefficient (Wildman–Crippen LogP) is 7.31. The van der Waals surface area contributed by atoms with Gasteiger partial charge >= 0.3 is 0 Å². The van der Waals surface area contributed by atoms with Crippen LogP contribution < -0.4 is 0 Å². The molecular weight excluding hydrogens is 480 g/mol. The highest BCUT2D eigenvalue weighted by molar-refractivity contribution is 5.87. The van der Waals surface area contributed by atoms with Gasteiger partial charge in [-0.2, -0.15) is 0 Å². The first-order chi connectivity index (χ1) is 17.9. The third kappa shape index (κ3) is 4.15. The molecule has 0 bridgehead atoms. The average molecular weight is 541 g/mol. The largest absolute Gasteiger partial charge is 0.393 e. The molecule has 1 amide bonds. The van der Waals surface area contributed by atoms with Gasteiger partial charge < -0.3 is 14.9 Å². The number of carbonyl (C=O) groups excluding carboxylic acids is 1. The van der Waals surface area contributed by atoms with Gasteiger partial charge in [-0.25, -0.2) is 0 Å². The fourth-order valence-electron chi connectivity index (χ4n) is 11.4. The van der Waals surface area contributed by atoms with Crippen LogP contribution in [0.3, 0.4) is 0 Å². The van der Waals surface area contributed by atoms with E-state index in [1.165, 1.54) is 25.7 Å². The van der Waals surface area contributed by atoms with Crippen LogP contribution in [0.2, 0.25) is 0 Å². The van der Waals surface area contributed by atoms with Crippen LogP contribution in [0.5, 0.6) is 0 Å². The van der Waals surface area contributed by atoms with Crippen molar-refractivity contribution < 1.29 is 9.90 Å². The van der Waals surface area contributed by atoms with Gasteiger partial charge in [-0.1, -0.05) is 59.6 Å². The van der Waals surface area contributed by atoms with Crippen LogP contribution in [-0.4, -0.2) is 61.2 Å². The van der Waals surface area contributed by atoms with E-state index in [-0.39, 0.29) is 38.6 Å². The molecule has 0 radical (unpaired) electrons.